The van der Waals surface area contributed by atoms with Gasteiger partial charge in [0, 0.05) is 13.5 Å². The van der Waals surface area contributed by atoms with Crippen molar-refractivity contribution in [2.45, 2.75) is 6.42 Å². The van der Waals surface area contributed by atoms with Gasteiger partial charge in [-0.1, -0.05) is 0 Å². The average molecular weight is 171 g/mol. The zero-order chi connectivity index (χ0) is 8.97. The van der Waals surface area contributed by atoms with Crippen LogP contribution in [0, 0.1) is 0 Å². The lowest BCUT2D eigenvalue weighted by Gasteiger charge is -1.95. The summed E-state index contributed by atoms with van der Waals surface area (Å²) in [6.07, 6.45) is 1.55. The van der Waals surface area contributed by atoms with Gasteiger partial charge in [0.2, 0.25) is 0 Å². The van der Waals surface area contributed by atoms with Gasteiger partial charge < -0.3 is 14.3 Å². The van der Waals surface area contributed by atoms with Crippen LogP contribution >= 0.6 is 0 Å². The van der Waals surface area contributed by atoms with Gasteiger partial charge in [0.05, 0.1) is 6.61 Å². The molecule has 0 aliphatic rings. The van der Waals surface area contributed by atoms with E-state index >= 15 is 0 Å². The van der Waals surface area contributed by atoms with Crippen LogP contribution in [-0.2, 0) is 11.2 Å². The largest absolute Gasteiger partial charge is 0.476 e. The highest BCUT2D eigenvalue weighted by Crippen LogP contribution is 2.07. The Hall–Kier alpha value is -1.36. The fourth-order valence-electron chi connectivity index (χ4n) is 0.817. The predicted octanol–water partition coefficient (Wildman–Crippen LogP) is 0.562. The van der Waals surface area contributed by atoms with Crippen LogP contribution in [0.2, 0.25) is 0 Å². The minimum Gasteiger partial charge on any atom is -0.476 e. The summed E-state index contributed by atoms with van der Waals surface area (Å²) in [5.41, 5.74) is -0.0351. The van der Waals surface area contributed by atoms with E-state index in [4.69, 9.17) is 14.3 Å². The number of methoxy groups -OCH3 is 1. The van der Waals surface area contributed by atoms with Crippen LogP contribution in [0.4, 0.5) is 0 Å². The van der Waals surface area contributed by atoms with Crippen molar-refractivity contribution < 1.29 is 19.1 Å². The lowest BCUT2D eigenvalue weighted by molar-refractivity contribution is 0.0688. The Balaban J connectivity index is 2.70. The fourth-order valence-corrected chi connectivity index (χ4v) is 0.817. The van der Waals surface area contributed by atoms with Crippen LogP contribution in [0.3, 0.4) is 0 Å². The molecule has 0 atom stereocenters. The predicted molar refractivity (Wildman–Crippen MR) is 39.0 cm³/mol. The van der Waals surface area contributed by atoms with Crippen molar-refractivity contribution in [3.8, 4) is 0 Å². The second kappa shape index (κ2) is 3.87. The monoisotopic (exact) mass is 171 g/mol. The minimum absolute atomic E-state index is 0.0351. The number of aromatic nitrogens is 1. The van der Waals surface area contributed by atoms with E-state index in [9.17, 15) is 4.79 Å². The lowest BCUT2D eigenvalue weighted by Crippen LogP contribution is -2.03. The number of carboxylic acid groups (broad SMARTS) is 1. The topological polar surface area (TPSA) is 72.6 Å². The van der Waals surface area contributed by atoms with Crippen molar-refractivity contribution >= 4 is 5.97 Å². The van der Waals surface area contributed by atoms with Gasteiger partial charge in [0.1, 0.15) is 5.76 Å². The average Bonchev–Trinajstić information content (AvgIpc) is 2.48. The number of aromatic carboxylic acids is 1. The molecule has 1 heterocycles. The van der Waals surface area contributed by atoms with Crippen molar-refractivity contribution in [1.82, 2.24) is 4.98 Å². The molecule has 0 saturated carbocycles. The van der Waals surface area contributed by atoms with Crippen molar-refractivity contribution in [3.05, 3.63) is 17.8 Å². The molecule has 5 nitrogen and oxygen atoms in total. The number of nitrogens with zero attached hydrogens (tertiary/aromatic N) is 1. The molecule has 0 aliphatic carbocycles. The summed E-state index contributed by atoms with van der Waals surface area (Å²) < 4.78 is 9.63. The van der Waals surface area contributed by atoms with Crippen molar-refractivity contribution in [1.29, 1.82) is 0 Å². The number of hydrogen-bond acceptors (Lipinski definition) is 4. The smallest absolute Gasteiger partial charge is 0.358 e. The summed E-state index contributed by atoms with van der Waals surface area (Å²) in [5.74, 6) is -0.723. The lowest BCUT2D eigenvalue weighted by atomic mass is 10.3. The van der Waals surface area contributed by atoms with Crippen LogP contribution in [0.1, 0.15) is 16.2 Å². The van der Waals surface area contributed by atoms with Gasteiger partial charge in [-0.2, -0.15) is 0 Å². The Morgan fingerprint density at radius 3 is 3.17 bits per heavy atom. The molecule has 0 aliphatic heterocycles. The van der Waals surface area contributed by atoms with Gasteiger partial charge in [0.15, 0.2) is 12.1 Å². The Bertz CT molecular complexity index is 268. The third-order valence-electron chi connectivity index (χ3n) is 1.38. The molecule has 0 fully saturated rings. The molecule has 1 N–H and O–H groups in total. The Morgan fingerprint density at radius 2 is 2.58 bits per heavy atom. The molecule has 12 heavy (non-hydrogen) atoms. The van der Waals surface area contributed by atoms with Crippen LogP contribution in [0.15, 0.2) is 10.8 Å². The quantitative estimate of drug-likeness (QED) is 0.716. The highest BCUT2D eigenvalue weighted by molar-refractivity contribution is 5.86. The molecule has 0 unspecified atom stereocenters. The van der Waals surface area contributed by atoms with Gasteiger partial charge >= 0.3 is 5.97 Å². The summed E-state index contributed by atoms with van der Waals surface area (Å²) >= 11 is 0. The second-order valence-electron chi connectivity index (χ2n) is 2.17. The molecule has 0 saturated heterocycles. The molecule has 1 aromatic heterocycles. The highest BCUT2D eigenvalue weighted by atomic mass is 16.5. The molecule has 0 amide bonds. The zero-order valence-corrected chi connectivity index (χ0v) is 6.61. The third kappa shape index (κ3) is 1.82. The Morgan fingerprint density at radius 1 is 1.83 bits per heavy atom. The molecule has 0 aromatic carbocycles. The Labute approximate surface area is 69.0 Å². The Kier molecular flexibility index (Phi) is 2.82. The number of rotatable bonds is 4. The van der Waals surface area contributed by atoms with E-state index in [1.807, 2.05) is 0 Å². The van der Waals surface area contributed by atoms with Gasteiger partial charge in [-0.05, 0) is 0 Å². The summed E-state index contributed by atoms with van der Waals surface area (Å²) in [6.45, 7) is 0.426. The molecule has 1 aromatic rings. The number of oxazole rings is 1. The maximum absolute atomic E-state index is 10.5. The van der Waals surface area contributed by atoms with E-state index in [2.05, 4.69) is 4.98 Å². The van der Waals surface area contributed by atoms with Crippen LogP contribution in [0.5, 0.6) is 0 Å². The zero-order valence-electron chi connectivity index (χ0n) is 6.61. The summed E-state index contributed by atoms with van der Waals surface area (Å²) in [6, 6.07) is 0. The summed E-state index contributed by atoms with van der Waals surface area (Å²) in [7, 11) is 1.54. The molecular formula is C7H9NO4. The first-order chi connectivity index (χ1) is 5.75. The first-order valence-electron chi connectivity index (χ1n) is 3.40. The van der Waals surface area contributed by atoms with Crippen LogP contribution < -0.4 is 0 Å². The molecule has 5 heteroatoms. The number of ether oxygens (including phenoxy) is 1. The number of hydrogen-bond donors (Lipinski definition) is 1. The van der Waals surface area contributed by atoms with Gasteiger partial charge in [-0.25, -0.2) is 9.78 Å². The van der Waals surface area contributed by atoms with E-state index in [-0.39, 0.29) is 5.69 Å². The molecular weight excluding hydrogens is 162 g/mol. The SMILES string of the molecule is COCCc1ocnc1C(=O)O. The fraction of sp³-hybridized carbons (Fsp3) is 0.429. The van der Waals surface area contributed by atoms with Gasteiger partial charge in [-0.15, -0.1) is 0 Å². The van der Waals surface area contributed by atoms with E-state index in [1.165, 1.54) is 7.11 Å². The molecule has 0 spiro atoms. The van der Waals surface area contributed by atoms with Crippen molar-refractivity contribution in [2.75, 3.05) is 13.7 Å². The van der Waals surface area contributed by atoms with Gasteiger partial charge in [0.25, 0.3) is 0 Å². The van der Waals surface area contributed by atoms with E-state index in [1.54, 1.807) is 0 Å². The summed E-state index contributed by atoms with van der Waals surface area (Å²) in [4.78, 5) is 14.0. The summed E-state index contributed by atoms with van der Waals surface area (Å²) in [5, 5.41) is 8.59. The normalized spacial score (nSPS) is 10.1. The maximum Gasteiger partial charge on any atom is 0.358 e. The number of carboxylic acids is 1. The van der Waals surface area contributed by atoms with Crippen molar-refractivity contribution in [3.63, 3.8) is 0 Å². The molecule has 0 radical (unpaired) electrons. The first kappa shape index (κ1) is 8.73. The van der Waals surface area contributed by atoms with E-state index < -0.39 is 5.97 Å². The number of carbonyl (C=O) groups is 1. The highest BCUT2D eigenvalue weighted by Gasteiger charge is 2.14. The van der Waals surface area contributed by atoms with E-state index in [0.29, 0.717) is 18.8 Å². The molecule has 0 bridgehead atoms. The standard InChI is InChI=1S/C7H9NO4/c1-11-3-2-5-6(7(9)10)8-4-12-5/h4H,2-3H2,1H3,(H,9,10). The minimum atomic E-state index is -1.07. The molecule has 66 valence electrons. The van der Waals surface area contributed by atoms with E-state index in [0.717, 1.165) is 6.39 Å². The molecule has 1 rings (SSSR count). The van der Waals surface area contributed by atoms with Gasteiger partial charge in [-0.3, -0.25) is 0 Å². The van der Waals surface area contributed by atoms with Crippen molar-refractivity contribution in [2.24, 2.45) is 0 Å². The third-order valence-corrected chi connectivity index (χ3v) is 1.38. The first-order valence-corrected chi connectivity index (χ1v) is 3.40. The van der Waals surface area contributed by atoms with Crippen LogP contribution in [-0.4, -0.2) is 29.8 Å². The van der Waals surface area contributed by atoms with Crippen LogP contribution in [0.25, 0.3) is 0 Å². The second-order valence-corrected chi connectivity index (χ2v) is 2.17. The maximum atomic E-state index is 10.5.